The molecule has 0 aromatic heterocycles. The fraction of sp³-hybridized carbons (Fsp3) is 0.294. The Morgan fingerprint density at radius 2 is 1.83 bits per heavy atom. The maximum absolute atomic E-state index is 10.2. The van der Waals surface area contributed by atoms with Crippen molar-refractivity contribution in [3.8, 4) is 5.75 Å². The summed E-state index contributed by atoms with van der Waals surface area (Å²) in [5.41, 5.74) is 1.01. The van der Waals surface area contributed by atoms with Crippen LogP contribution in [0.2, 0.25) is 0 Å². The summed E-state index contributed by atoms with van der Waals surface area (Å²) in [6, 6.07) is 15.3. The molecular formula is C17H20O4S2. The highest BCUT2D eigenvalue weighted by atomic mass is 32.3. The number of ether oxygens (including phenoxy) is 1. The molecule has 124 valence electrons. The van der Waals surface area contributed by atoms with Gasteiger partial charge in [-0.3, -0.25) is 9.11 Å². The lowest BCUT2D eigenvalue weighted by Crippen LogP contribution is -2.00. The van der Waals surface area contributed by atoms with Crippen molar-refractivity contribution in [3.05, 3.63) is 54.1 Å². The average molecular weight is 352 g/mol. The van der Waals surface area contributed by atoms with E-state index in [0.717, 1.165) is 16.2 Å². The van der Waals surface area contributed by atoms with Gasteiger partial charge >= 0.3 is 0 Å². The van der Waals surface area contributed by atoms with Gasteiger partial charge in [-0.25, -0.2) is 0 Å². The molecule has 6 heteroatoms. The quantitative estimate of drug-likeness (QED) is 0.672. The second-order valence-corrected chi connectivity index (χ2v) is 8.76. The molecule has 4 nitrogen and oxygen atoms in total. The van der Waals surface area contributed by atoms with E-state index in [4.69, 9.17) is 9.84 Å². The first-order valence-corrected chi connectivity index (χ1v) is 10.0. The lowest BCUT2D eigenvalue weighted by molar-refractivity contribution is 0.233. The maximum Gasteiger partial charge on any atom is 0.119 e. The number of benzene rings is 2. The van der Waals surface area contributed by atoms with Crippen LogP contribution in [0.15, 0.2) is 58.3 Å². The molecule has 23 heavy (non-hydrogen) atoms. The average Bonchev–Trinajstić information content (AvgIpc) is 2.81. The molecule has 0 amide bonds. The van der Waals surface area contributed by atoms with Crippen LogP contribution < -0.4 is 4.74 Å². The smallest absolute Gasteiger partial charge is 0.119 e. The van der Waals surface area contributed by atoms with E-state index in [2.05, 4.69) is 0 Å². The van der Waals surface area contributed by atoms with Crippen molar-refractivity contribution in [1.29, 1.82) is 0 Å². The first kappa shape index (κ1) is 16.7. The molecule has 3 N–H and O–H groups in total. The molecule has 0 spiro atoms. The van der Waals surface area contributed by atoms with Crippen LogP contribution >= 0.6 is 22.4 Å². The van der Waals surface area contributed by atoms with E-state index in [1.165, 1.54) is 0 Å². The highest BCUT2D eigenvalue weighted by Crippen LogP contribution is 2.62. The van der Waals surface area contributed by atoms with E-state index >= 15 is 0 Å². The molecule has 1 atom stereocenters. The number of hydrogen-bond acceptors (Lipinski definition) is 5. The molecular weight excluding hydrogens is 332 g/mol. The SMILES string of the molecule is OCCCOc1ccc(SC2CS(O)(O)c3ccccc32)cc1. The van der Waals surface area contributed by atoms with Crippen LogP contribution in [0.5, 0.6) is 5.75 Å². The third-order valence-corrected chi connectivity index (χ3v) is 7.01. The van der Waals surface area contributed by atoms with Crippen molar-refractivity contribution < 1.29 is 18.9 Å². The van der Waals surface area contributed by atoms with Crippen molar-refractivity contribution in [2.75, 3.05) is 19.0 Å². The van der Waals surface area contributed by atoms with Gasteiger partial charge in [-0.15, -0.1) is 11.8 Å². The minimum atomic E-state index is -2.67. The highest BCUT2D eigenvalue weighted by molar-refractivity contribution is 8.25. The van der Waals surface area contributed by atoms with Gasteiger partial charge in [0, 0.05) is 17.9 Å². The van der Waals surface area contributed by atoms with Crippen LogP contribution in [0.3, 0.4) is 0 Å². The Morgan fingerprint density at radius 3 is 2.57 bits per heavy atom. The summed E-state index contributed by atoms with van der Waals surface area (Å²) in [7, 11) is -2.67. The summed E-state index contributed by atoms with van der Waals surface area (Å²) < 4.78 is 26.0. The minimum absolute atomic E-state index is 0.0531. The Kier molecular flexibility index (Phi) is 5.18. The molecule has 3 rings (SSSR count). The summed E-state index contributed by atoms with van der Waals surface area (Å²) in [6.45, 7) is 0.626. The maximum atomic E-state index is 10.2. The third kappa shape index (κ3) is 3.84. The Morgan fingerprint density at radius 1 is 1.09 bits per heavy atom. The van der Waals surface area contributed by atoms with Crippen LogP contribution in [0, 0.1) is 0 Å². The number of aliphatic hydroxyl groups is 1. The van der Waals surface area contributed by atoms with Crippen LogP contribution in [0.25, 0.3) is 0 Å². The van der Waals surface area contributed by atoms with Gasteiger partial charge < -0.3 is 9.84 Å². The predicted octanol–water partition coefficient (Wildman–Crippen LogP) is 4.40. The van der Waals surface area contributed by atoms with Crippen LogP contribution in [0.4, 0.5) is 0 Å². The van der Waals surface area contributed by atoms with Gasteiger partial charge in [0.1, 0.15) is 5.75 Å². The van der Waals surface area contributed by atoms with Gasteiger partial charge in [0.15, 0.2) is 0 Å². The Labute approximate surface area is 141 Å². The number of aliphatic hydroxyl groups excluding tert-OH is 1. The molecule has 1 heterocycles. The number of thioether (sulfide) groups is 1. The van der Waals surface area contributed by atoms with E-state index < -0.39 is 10.6 Å². The molecule has 1 aliphatic heterocycles. The molecule has 2 aromatic carbocycles. The topological polar surface area (TPSA) is 69.9 Å². The first-order chi connectivity index (χ1) is 11.1. The normalized spacial score (nSPS) is 20.0. The largest absolute Gasteiger partial charge is 0.494 e. The van der Waals surface area contributed by atoms with Gasteiger partial charge in [-0.05, 0) is 35.9 Å². The summed E-state index contributed by atoms with van der Waals surface area (Å²) >= 11 is 1.64. The molecule has 1 unspecified atom stereocenters. The molecule has 0 fully saturated rings. The Bertz CT molecular complexity index is 658. The second kappa shape index (κ2) is 7.15. The van der Waals surface area contributed by atoms with E-state index in [0.29, 0.717) is 23.7 Å². The third-order valence-electron chi connectivity index (χ3n) is 3.68. The van der Waals surface area contributed by atoms with E-state index in [1.807, 2.05) is 48.5 Å². The van der Waals surface area contributed by atoms with Crippen LogP contribution in [-0.4, -0.2) is 33.2 Å². The highest BCUT2D eigenvalue weighted by Gasteiger charge is 2.35. The number of rotatable bonds is 6. The summed E-state index contributed by atoms with van der Waals surface area (Å²) in [4.78, 5) is 1.75. The predicted molar refractivity (Wildman–Crippen MR) is 94.7 cm³/mol. The Hall–Kier alpha value is -1.18. The molecule has 0 aliphatic carbocycles. The monoisotopic (exact) mass is 352 g/mol. The van der Waals surface area contributed by atoms with E-state index in [9.17, 15) is 9.11 Å². The molecule has 0 bridgehead atoms. The molecule has 0 saturated carbocycles. The van der Waals surface area contributed by atoms with Gasteiger partial charge in [0.05, 0.1) is 22.5 Å². The molecule has 1 aliphatic rings. The van der Waals surface area contributed by atoms with Crippen molar-refractivity contribution in [2.24, 2.45) is 0 Å². The number of hydrogen-bond donors (Lipinski definition) is 3. The lowest BCUT2D eigenvalue weighted by Gasteiger charge is -2.27. The van der Waals surface area contributed by atoms with Gasteiger partial charge in [-0.1, -0.05) is 18.2 Å². The molecule has 0 radical (unpaired) electrons. The Balaban J connectivity index is 1.68. The number of fused-ring (bicyclic) bond motifs is 1. The zero-order chi connectivity index (χ0) is 16.3. The van der Waals surface area contributed by atoms with E-state index in [1.54, 1.807) is 11.8 Å². The fourth-order valence-electron chi connectivity index (χ4n) is 2.57. The molecule has 0 saturated heterocycles. The lowest BCUT2D eigenvalue weighted by atomic mass is 10.2. The summed E-state index contributed by atoms with van der Waals surface area (Å²) in [5, 5.41) is 8.80. The summed E-state index contributed by atoms with van der Waals surface area (Å²) in [5.74, 6) is 1.14. The minimum Gasteiger partial charge on any atom is -0.494 e. The van der Waals surface area contributed by atoms with Crippen molar-refractivity contribution in [3.63, 3.8) is 0 Å². The first-order valence-electron chi connectivity index (χ1n) is 7.45. The second-order valence-electron chi connectivity index (χ2n) is 5.37. The standard InChI is InChI=1S/C17H20O4S2/c18-10-3-11-21-13-6-8-14(9-7-13)22-16-12-23(19,20)17-5-2-1-4-15(16)17/h1-2,4-9,16,18-20H,3,10-12H2. The zero-order valence-electron chi connectivity index (χ0n) is 12.6. The summed E-state index contributed by atoms with van der Waals surface area (Å²) in [6.07, 6.45) is 0.618. The van der Waals surface area contributed by atoms with Crippen molar-refractivity contribution >= 4 is 22.4 Å². The van der Waals surface area contributed by atoms with Gasteiger partial charge in [0.2, 0.25) is 0 Å². The van der Waals surface area contributed by atoms with E-state index in [-0.39, 0.29) is 11.9 Å². The van der Waals surface area contributed by atoms with Crippen LogP contribution in [-0.2, 0) is 0 Å². The van der Waals surface area contributed by atoms with Gasteiger partial charge in [0.25, 0.3) is 0 Å². The fourth-order valence-corrected chi connectivity index (χ4v) is 6.10. The zero-order valence-corrected chi connectivity index (χ0v) is 14.2. The van der Waals surface area contributed by atoms with Crippen molar-refractivity contribution in [2.45, 2.75) is 21.5 Å². The molecule has 2 aromatic rings. The van der Waals surface area contributed by atoms with Crippen LogP contribution in [0.1, 0.15) is 17.2 Å². The van der Waals surface area contributed by atoms with Crippen molar-refractivity contribution in [1.82, 2.24) is 0 Å². The van der Waals surface area contributed by atoms with Gasteiger partial charge in [-0.2, -0.15) is 10.6 Å².